The quantitative estimate of drug-likeness (QED) is 0.316. The number of carbonyl (C=O) groups is 2. The molecule has 0 unspecified atom stereocenters. The van der Waals surface area contributed by atoms with Crippen LogP contribution < -0.4 is 9.64 Å². The molecule has 2 aromatic carbocycles. The molecule has 0 atom stereocenters. The Kier molecular flexibility index (Phi) is 9.02. The van der Waals surface area contributed by atoms with E-state index < -0.39 is 29.8 Å². The molecule has 0 saturated heterocycles. The van der Waals surface area contributed by atoms with Crippen molar-refractivity contribution < 1.29 is 45.8 Å². The molecule has 14 heteroatoms. The number of halogens is 6. The van der Waals surface area contributed by atoms with Crippen molar-refractivity contribution in [3.05, 3.63) is 94.6 Å². The van der Waals surface area contributed by atoms with Crippen molar-refractivity contribution in [1.29, 1.82) is 0 Å². The van der Waals surface area contributed by atoms with E-state index in [-0.39, 0.29) is 5.56 Å². The van der Waals surface area contributed by atoms with Gasteiger partial charge in [0, 0.05) is 38.7 Å². The normalized spacial score (nSPS) is 14.8. The third-order valence-electron chi connectivity index (χ3n) is 6.45. The molecule has 0 saturated carbocycles. The van der Waals surface area contributed by atoms with E-state index in [1.165, 1.54) is 28.7 Å². The van der Waals surface area contributed by atoms with Gasteiger partial charge in [-0.15, -0.1) is 10.2 Å². The highest BCUT2D eigenvalue weighted by Crippen LogP contribution is 2.34. The number of ether oxygens (including phenoxy) is 1. The second-order valence-corrected chi connectivity index (χ2v) is 9.38. The Bertz CT molecular complexity index is 1430. The summed E-state index contributed by atoms with van der Waals surface area (Å²) in [5, 5.41) is 15.6. The molecule has 0 aliphatic carbocycles. The summed E-state index contributed by atoms with van der Waals surface area (Å²) in [5.41, 5.74) is 2.04. The standard InChI is InChI=1S/C26H23F3N4O2.C2HF3O2/c27-26(28,29)22-9-5-4-8-21(22)25(34)33-16-19-14-32(15-20(19)17-33)23-10-11-24(31-30-23)35-13-12-18-6-2-1-3-7-18;3-2(4,5)1(6)7/h1-11H,12-17H2;(H,6,7). The largest absolute Gasteiger partial charge is 0.490 e. The van der Waals surface area contributed by atoms with Crippen molar-refractivity contribution in [3.8, 4) is 5.88 Å². The second kappa shape index (κ2) is 12.5. The Labute approximate surface area is 235 Å². The lowest BCUT2D eigenvalue weighted by Crippen LogP contribution is -2.35. The van der Waals surface area contributed by atoms with Gasteiger partial charge in [0.05, 0.1) is 17.7 Å². The Hall–Kier alpha value is -4.62. The Balaban J connectivity index is 0.000000517. The number of nitrogens with zero attached hydrogens (tertiary/aromatic N) is 4. The molecule has 1 aromatic heterocycles. The third-order valence-corrected chi connectivity index (χ3v) is 6.45. The number of amides is 1. The van der Waals surface area contributed by atoms with Crippen LogP contribution in [0.2, 0.25) is 0 Å². The van der Waals surface area contributed by atoms with Crippen LogP contribution in [-0.4, -0.2) is 71.0 Å². The topological polar surface area (TPSA) is 95.9 Å². The molecule has 1 amide bonds. The fourth-order valence-electron chi connectivity index (χ4n) is 4.45. The molecular weight excluding hydrogens is 570 g/mol. The van der Waals surface area contributed by atoms with Gasteiger partial charge in [-0.1, -0.05) is 42.5 Å². The number of carbonyl (C=O) groups excluding carboxylic acids is 1. The predicted molar refractivity (Wildman–Crippen MR) is 138 cm³/mol. The zero-order valence-corrected chi connectivity index (χ0v) is 21.8. The van der Waals surface area contributed by atoms with Crippen LogP contribution in [0.4, 0.5) is 32.2 Å². The van der Waals surface area contributed by atoms with Crippen LogP contribution >= 0.6 is 0 Å². The monoisotopic (exact) mass is 594 g/mol. The first-order valence-corrected chi connectivity index (χ1v) is 12.5. The van der Waals surface area contributed by atoms with Crippen molar-refractivity contribution in [2.24, 2.45) is 0 Å². The molecule has 0 bridgehead atoms. The van der Waals surface area contributed by atoms with Crippen LogP contribution in [0, 0.1) is 0 Å². The SMILES string of the molecule is O=C(O)C(F)(F)F.O=C(c1ccccc1C(F)(F)F)N1CC2=C(C1)CN(c1ccc(OCCc3ccccc3)nn1)C2. The van der Waals surface area contributed by atoms with E-state index in [0.29, 0.717) is 44.5 Å². The Morgan fingerprint density at radius 3 is 1.95 bits per heavy atom. The number of anilines is 1. The molecule has 0 fully saturated rings. The van der Waals surface area contributed by atoms with Gasteiger partial charge in [-0.3, -0.25) is 4.79 Å². The second-order valence-electron chi connectivity index (χ2n) is 9.38. The lowest BCUT2D eigenvalue weighted by molar-refractivity contribution is -0.192. The average molecular weight is 595 g/mol. The van der Waals surface area contributed by atoms with Crippen molar-refractivity contribution in [2.45, 2.75) is 18.8 Å². The first-order valence-electron chi connectivity index (χ1n) is 12.5. The maximum atomic E-state index is 13.3. The van der Waals surface area contributed by atoms with Crippen molar-refractivity contribution in [2.75, 3.05) is 37.7 Å². The molecule has 0 spiro atoms. The highest BCUT2D eigenvalue weighted by Gasteiger charge is 2.39. The summed E-state index contributed by atoms with van der Waals surface area (Å²) in [6.07, 6.45) is -8.88. The molecule has 5 rings (SSSR count). The number of rotatable bonds is 6. The molecule has 2 aliphatic heterocycles. The van der Waals surface area contributed by atoms with E-state index in [2.05, 4.69) is 10.2 Å². The van der Waals surface area contributed by atoms with E-state index in [4.69, 9.17) is 14.6 Å². The average Bonchev–Trinajstić information content (AvgIpc) is 3.53. The summed E-state index contributed by atoms with van der Waals surface area (Å²) < 4.78 is 77.4. The number of hydrogen-bond donors (Lipinski definition) is 1. The number of carboxylic acids is 1. The minimum Gasteiger partial charge on any atom is -0.476 e. The van der Waals surface area contributed by atoms with Crippen molar-refractivity contribution in [3.63, 3.8) is 0 Å². The number of hydrogen-bond acceptors (Lipinski definition) is 6. The van der Waals surface area contributed by atoms with Crippen molar-refractivity contribution in [1.82, 2.24) is 15.1 Å². The molecule has 222 valence electrons. The molecule has 0 radical (unpaired) electrons. The summed E-state index contributed by atoms with van der Waals surface area (Å²) in [6, 6.07) is 18.6. The Morgan fingerprint density at radius 1 is 0.810 bits per heavy atom. The van der Waals surface area contributed by atoms with Gasteiger partial charge < -0.3 is 19.6 Å². The maximum Gasteiger partial charge on any atom is 0.490 e. The zero-order valence-electron chi connectivity index (χ0n) is 21.8. The molecule has 42 heavy (non-hydrogen) atoms. The predicted octanol–water partition coefficient (Wildman–Crippen LogP) is 5.02. The molecule has 3 heterocycles. The summed E-state index contributed by atoms with van der Waals surface area (Å²) in [7, 11) is 0. The first-order chi connectivity index (χ1) is 19.8. The molecule has 3 aromatic rings. The van der Waals surface area contributed by atoms with Gasteiger partial charge >= 0.3 is 18.3 Å². The summed E-state index contributed by atoms with van der Waals surface area (Å²) >= 11 is 0. The van der Waals surface area contributed by atoms with Crippen molar-refractivity contribution >= 4 is 17.7 Å². The van der Waals surface area contributed by atoms with Crippen LogP contribution in [0.15, 0.2) is 77.9 Å². The smallest absolute Gasteiger partial charge is 0.476 e. The minimum atomic E-state index is -5.08. The number of carboxylic acid groups (broad SMARTS) is 1. The van der Waals surface area contributed by atoms with Crippen LogP contribution in [-0.2, 0) is 17.4 Å². The van der Waals surface area contributed by atoms with E-state index >= 15 is 0 Å². The van der Waals surface area contributed by atoms with Gasteiger partial charge in [0.1, 0.15) is 0 Å². The number of benzene rings is 2. The fourth-order valence-corrected chi connectivity index (χ4v) is 4.45. The summed E-state index contributed by atoms with van der Waals surface area (Å²) in [6.45, 7) is 2.24. The summed E-state index contributed by atoms with van der Waals surface area (Å²) in [4.78, 5) is 25.3. The van der Waals surface area contributed by atoms with Gasteiger partial charge in [0.15, 0.2) is 5.82 Å². The lowest BCUT2D eigenvalue weighted by atomic mass is 10.1. The van der Waals surface area contributed by atoms with Gasteiger partial charge in [-0.05, 0) is 34.9 Å². The summed E-state index contributed by atoms with van der Waals surface area (Å²) in [5.74, 6) is -2.22. The fraction of sp³-hybridized carbons (Fsp3) is 0.286. The van der Waals surface area contributed by atoms with Gasteiger partial charge in [-0.25, -0.2) is 4.79 Å². The van der Waals surface area contributed by atoms with E-state index in [0.717, 1.165) is 23.6 Å². The number of aliphatic carboxylic acids is 1. The molecule has 2 aliphatic rings. The van der Waals surface area contributed by atoms with Crippen LogP contribution in [0.25, 0.3) is 0 Å². The van der Waals surface area contributed by atoms with E-state index in [1.54, 1.807) is 6.07 Å². The van der Waals surface area contributed by atoms with Gasteiger partial charge in [0.2, 0.25) is 5.88 Å². The van der Waals surface area contributed by atoms with Gasteiger partial charge in [0.25, 0.3) is 5.91 Å². The third kappa shape index (κ3) is 7.56. The van der Waals surface area contributed by atoms with E-state index in [9.17, 15) is 31.1 Å². The van der Waals surface area contributed by atoms with Gasteiger partial charge in [-0.2, -0.15) is 26.3 Å². The van der Waals surface area contributed by atoms with Crippen LogP contribution in [0.1, 0.15) is 21.5 Å². The number of aromatic nitrogens is 2. The molecule has 8 nitrogen and oxygen atoms in total. The van der Waals surface area contributed by atoms with Crippen LogP contribution in [0.5, 0.6) is 5.88 Å². The molecular formula is C28H24F6N4O4. The van der Waals surface area contributed by atoms with Crippen LogP contribution in [0.3, 0.4) is 0 Å². The highest BCUT2D eigenvalue weighted by atomic mass is 19.4. The first kappa shape index (κ1) is 30.3. The minimum absolute atomic E-state index is 0.310. The molecule has 1 N–H and O–H groups in total. The Morgan fingerprint density at radius 2 is 1.40 bits per heavy atom. The zero-order chi connectivity index (χ0) is 30.5. The van der Waals surface area contributed by atoms with E-state index in [1.807, 2.05) is 41.3 Å². The lowest BCUT2D eigenvalue weighted by Gasteiger charge is -2.24. The number of alkyl halides is 6. The maximum absolute atomic E-state index is 13.3. The highest BCUT2D eigenvalue weighted by molar-refractivity contribution is 5.96.